The van der Waals surface area contributed by atoms with Crippen LogP contribution in [0.4, 0.5) is 0 Å². The maximum Gasteiger partial charge on any atom is 0.191 e. The Morgan fingerprint density at radius 1 is 1.15 bits per heavy atom. The molecule has 1 aliphatic carbocycles. The van der Waals surface area contributed by atoms with Gasteiger partial charge in [-0.1, -0.05) is 24.3 Å². The molecule has 26 heavy (non-hydrogen) atoms. The molecule has 3 rings (SSSR count). The fourth-order valence-corrected chi connectivity index (χ4v) is 2.45. The van der Waals surface area contributed by atoms with Gasteiger partial charge in [-0.15, -0.1) is 24.0 Å². The number of aromatic nitrogens is 1. The van der Waals surface area contributed by atoms with Gasteiger partial charge in [0.25, 0.3) is 0 Å². The Balaban J connectivity index is 0.00000243. The summed E-state index contributed by atoms with van der Waals surface area (Å²) < 4.78 is 5.96. The zero-order valence-corrected chi connectivity index (χ0v) is 17.5. The molecule has 0 radical (unpaired) electrons. The zero-order chi connectivity index (χ0) is 17.3. The highest BCUT2D eigenvalue weighted by Gasteiger charge is 2.22. The van der Waals surface area contributed by atoms with E-state index in [1.807, 2.05) is 36.4 Å². The molecule has 0 atom stereocenters. The van der Waals surface area contributed by atoms with E-state index < -0.39 is 0 Å². The summed E-state index contributed by atoms with van der Waals surface area (Å²) in [6, 6.07) is 14.1. The standard InChI is InChI=1S/C20H26N4O.HI/c1-2-21-20(24-14-18-8-5-6-12-22-18)23-13-17-7-3-4-9-19(17)25-15-16-10-11-16;/h3-9,12,16H,2,10-11,13-15H2,1H3,(H2,21,23,24);1H. The van der Waals surface area contributed by atoms with Crippen LogP contribution < -0.4 is 15.4 Å². The molecular weight excluding hydrogens is 439 g/mol. The number of ether oxygens (including phenoxy) is 1. The lowest BCUT2D eigenvalue weighted by atomic mass is 10.2. The van der Waals surface area contributed by atoms with Crippen molar-refractivity contribution in [3.05, 3.63) is 59.9 Å². The molecule has 1 aliphatic rings. The highest BCUT2D eigenvalue weighted by Crippen LogP contribution is 2.30. The Kier molecular flexibility index (Phi) is 8.67. The van der Waals surface area contributed by atoms with Crippen molar-refractivity contribution in [2.24, 2.45) is 10.9 Å². The Labute approximate surface area is 172 Å². The number of rotatable bonds is 8. The molecule has 0 amide bonds. The van der Waals surface area contributed by atoms with Crippen LogP contribution >= 0.6 is 24.0 Å². The summed E-state index contributed by atoms with van der Waals surface area (Å²) in [5.41, 5.74) is 2.10. The SMILES string of the molecule is CCNC(=NCc1ccccc1OCC1CC1)NCc1ccccn1.I. The largest absolute Gasteiger partial charge is 0.493 e. The van der Waals surface area contributed by atoms with Gasteiger partial charge in [0.15, 0.2) is 5.96 Å². The van der Waals surface area contributed by atoms with Crippen LogP contribution in [0.3, 0.4) is 0 Å². The Morgan fingerprint density at radius 2 is 1.96 bits per heavy atom. The lowest BCUT2D eigenvalue weighted by Crippen LogP contribution is -2.37. The third kappa shape index (κ3) is 6.82. The molecule has 1 fully saturated rings. The summed E-state index contributed by atoms with van der Waals surface area (Å²) in [6.45, 7) is 4.92. The van der Waals surface area contributed by atoms with E-state index in [9.17, 15) is 0 Å². The predicted molar refractivity (Wildman–Crippen MR) is 116 cm³/mol. The van der Waals surface area contributed by atoms with E-state index in [1.54, 1.807) is 6.20 Å². The molecule has 0 spiro atoms. The number of nitrogens with one attached hydrogen (secondary N) is 2. The fraction of sp³-hybridized carbons (Fsp3) is 0.400. The Morgan fingerprint density at radius 3 is 2.69 bits per heavy atom. The molecule has 1 saturated carbocycles. The van der Waals surface area contributed by atoms with Gasteiger partial charge in [0.2, 0.25) is 0 Å². The molecule has 1 aromatic heterocycles. The maximum absolute atomic E-state index is 5.96. The summed E-state index contributed by atoms with van der Waals surface area (Å²) in [5.74, 6) is 2.47. The predicted octanol–water partition coefficient (Wildman–Crippen LogP) is 3.74. The van der Waals surface area contributed by atoms with E-state index in [0.717, 1.165) is 42.0 Å². The molecule has 2 aromatic rings. The molecule has 6 heteroatoms. The van der Waals surface area contributed by atoms with E-state index in [-0.39, 0.29) is 24.0 Å². The number of guanidine groups is 1. The number of hydrogen-bond donors (Lipinski definition) is 2. The average molecular weight is 466 g/mol. The molecule has 0 bridgehead atoms. The van der Waals surface area contributed by atoms with E-state index >= 15 is 0 Å². The van der Waals surface area contributed by atoms with Crippen molar-refractivity contribution in [2.45, 2.75) is 32.9 Å². The van der Waals surface area contributed by atoms with Crippen molar-refractivity contribution in [3.63, 3.8) is 0 Å². The van der Waals surface area contributed by atoms with Crippen LogP contribution in [0.25, 0.3) is 0 Å². The van der Waals surface area contributed by atoms with Crippen molar-refractivity contribution in [1.82, 2.24) is 15.6 Å². The smallest absolute Gasteiger partial charge is 0.191 e. The van der Waals surface area contributed by atoms with E-state index in [2.05, 4.69) is 33.6 Å². The van der Waals surface area contributed by atoms with Crippen molar-refractivity contribution >= 4 is 29.9 Å². The van der Waals surface area contributed by atoms with Gasteiger partial charge in [-0.25, -0.2) is 4.99 Å². The first-order chi connectivity index (χ1) is 12.3. The van der Waals surface area contributed by atoms with Gasteiger partial charge in [0.1, 0.15) is 5.75 Å². The lowest BCUT2D eigenvalue weighted by Gasteiger charge is -2.13. The number of halogens is 1. The van der Waals surface area contributed by atoms with E-state index in [0.29, 0.717) is 13.1 Å². The molecule has 5 nitrogen and oxygen atoms in total. The average Bonchev–Trinajstić information content (AvgIpc) is 3.48. The molecule has 2 N–H and O–H groups in total. The lowest BCUT2D eigenvalue weighted by molar-refractivity contribution is 0.297. The zero-order valence-electron chi connectivity index (χ0n) is 15.1. The van der Waals surface area contributed by atoms with Crippen molar-refractivity contribution in [3.8, 4) is 5.75 Å². The van der Waals surface area contributed by atoms with Crippen LogP contribution in [-0.4, -0.2) is 24.1 Å². The second-order valence-corrected chi connectivity index (χ2v) is 6.23. The summed E-state index contributed by atoms with van der Waals surface area (Å²) in [7, 11) is 0. The number of benzene rings is 1. The Bertz CT molecular complexity index is 689. The summed E-state index contributed by atoms with van der Waals surface area (Å²) in [4.78, 5) is 9.01. The minimum Gasteiger partial charge on any atom is -0.493 e. The third-order valence-corrected chi connectivity index (χ3v) is 4.06. The topological polar surface area (TPSA) is 58.5 Å². The quantitative estimate of drug-likeness (QED) is 0.354. The molecular formula is C20H27IN4O. The number of aliphatic imine (C=N–C) groups is 1. The van der Waals surface area contributed by atoms with Gasteiger partial charge < -0.3 is 15.4 Å². The molecule has 0 aliphatic heterocycles. The number of nitrogens with zero attached hydrogens (tertiary/aromatic N) is 2. The summed E-state index contributed by atoms with van der Waals surface area (Å²) >= 11 is 0. The van der Waals surface area contributed by atoms with Crippen molar-refractivity contribution in [2.75, 3.05) is 13.2 Å². The Hall–Kier alpha value is -1.83. The maximum atomic E-state index is 5.96. The summed E-state index contributed by atoms with van der Waals surface area (Å²) in [6.07, 6.45) is 4.39. The number of pyridine rings is 1. The van der Waals surface area contributed by atoms with Crippen molar-refractivity contribution < 1.29 is 4.74 Å². The molecule has 1 aromatic carbocycles. The van der Waals surface area contributed by atoms with Gasteiger partial charge in [-0.05, 0) is 43.9 Å². The van der Waals surface area contributed by atoms with Crippen molar-refractivity contribution in [1.29, 1.82) is 0 Å². The van der Waals surface area contributed by atoms with Crippen LogP contribution in [0.1, 0.15) is 31.0 Å². The molecule has 0 saturated heterocycles. The number of para-hydroxylation sites is 1. The van der Waals surface area contributed by atoms with E-state index in [4.69, 9.17) is 4.74 Å². The highest BCUT2D eigenvalue weighted by molar-refractivity contribution is 14.0. The fourth-order valence-electron chi connectivity index (χ4n) is 2.45. The minimum atomic E-state index is 0. The summed E-state index contributed by atoms with van der Waals surface area (Å²) in [5, 5.41) is 6.60. The second-order valence-electron chi connectivity index (χ2n) is 6.23. The number of hydrogen-bond acceptors (Lipinski definition) is 3. The first kappa shape index (κ1) is 20.5. The molecule has 140 valence electrons. The monoisotopic (exact) mass is 466 g/mol. The van der Waals surface area contributed by atoms with Gasteiger partial charge in [-0.3, -0.25) is 4.98 Å². The van der Waals surface area contributed by atoms with Crippen LogP contribution in [0.5, 0.6) is 5.75 Å². The highest BCUT2D eigenvalue weighted by atomic mass is 127. The van der Waals surface area contributed by atoms with Crippen LogP contribution in [0, 0.1) is 5.92 Å². The third-order valence-electron chi connectivity index (χ3n) is 4.06. The first-order valence-electron chi connectivity index (χ1n) is 8.98. The van der Waals surface area contributed by atoms with Gasteiger partial charge in [0.05, 0.1) is 25.4 Å². The second kappa shape index (κ2) is 11.0. The van der Waals surface area contributed by atoms with Gasteiger partial charge in [0, 0.05) is 18.3 Å². The molecule has 1 heterocycles. The normalized spacial score (nSPS) is 13.7. The van der Waals surface area contributed by atoms with E-state index in [1.165, 1.54) is 12.8 Å². The van der Waals surface area contributed by atoms with Gasteiger partial charge >= 0.3 is 0 Å². The van der Waals surface area contributed by atoms with Crippen LogP contribution in [0.2, 0.25) is 0 Å². The van der Waals surface area contributed by atoms with Gasteiger partial charge in [-0.2, -0.15) is 0 Å². The first-order valence-corrected chi connectivity index (χ1v) is 8.98. The molecule has 0 unspecified atom stereocenters. The van der Waals surface area contributed by atoms with Crippen LogP contribution in [-0.2, 0) is 13.1 Å². The van der Waals surface area contributed by atoms with Crippen LogP contribution in [0.15, 0.2) is 53.7 Å². The minimum absolute atomic E-state index is 0.